The zero-order valence-corrected chi connectivity index (χ0v) is 24.3. The summed E-state index contributed by atoms with van der Waals surface area (Å²) < 4.78 is 42.2. The Kier molecular flexibility index (Phi) is 10.6. The maximum atomic E-state index is 13.9. The summed E-state index contributed by atoms with van der Waals surface area (Å²) in [6, 6.07) is 14.7. The van der Waals surface area contributed by atoms with Crippen LogP contribution in [0.3, 0.4) is 0 Å². The smallest absolute Gasteiger partial charge is 0.264 e. The highest BCUT2D eigenvalue weighted by molar-refractivity contribution is 7.92. The first kappa shape index (κ1) is 30.7. The Balaban J connectivity index is 2.07. The molecule has 39 heavy (non-hydrogen) atoms. The number of carbonyl (C=O) groups is 2. The third-order valence-corrected chi connectivity index (χ3v) is 8.69. The Hall–Kier alpha value is -2.85. The van der Waals surface area contributed by atoms with Crippen molar-refractivity contribution in [2.75, 3.05) is 17.4 Å². The Labute approximate surface area is 242 Å². The quantitative estimate of drug-likeness (QED) is 0.290. The van der Waals surface area contributed by atoms with Crippen molar-refractivity contribution in [1.29, 1.82) is 0 Å². The van der Waals surface area contributed by atoms with Crippen LogP contribution in [0.5, 0.6) is 0 Å². The molecule has 0 saturated carbocycles. The molecule has 1 N–H and O–H groups in total. The van der Waals surface area contributed by atoms with Crippen molar-refractivity contribution >= 4 is 62.3 Å². The molecule has 0 heterocycles. The number of anilines is 1. The molecular formula is C27H27Cl3FN3O4S. The van der Waals surface area contributed by atoms with Gasteiger partial charge >= 0.3 is 0 Å². The summed E-state index contributed by atoms with van der Waals surface area (Å²) >= 11 is 18.7. The predicted octanol–water partition coefficient (Wildman–Crippen LogP) is 5.92. The minimum absolute atomic E-state index is 0.0302. The summed E-state index contributed by atoms with van der Waals surface area (Å²) in [4.78, 5) is 27.9. The zero-order valence-electron chi connectivity index (χ0n) is 21.2. The van der Waals surface area contributed by atoms with Crippen LogP contribution in [0.1, 0.15) is 25.8 Å². The van der Waals surface area contributed by atoms with Gasteiger partial charge in [0, 0.05) is 28.7 Å². The molecule has 208 valence electrons. The summed E-state index contributed by atoms with van der Waals surface area (Å²) in [5.41, 5.74) is 0.365. The van der Waals surface area contributed by atoms with E-state index in [1.807, 2.05) is 6.92 Å². The number of hydrogen-bond donors (Lipinski definition) is 1. The molecule has 0 fully saturated rings. The number of nitrogens with zero attached hydrogens (tertiary/aromatic N) is 2. The lowest BCUT2D eigenvalue weighted by molar-refractivity contribution is -0.139. The monoisotopic (exact) mass is 613 g/mol. The first-order valence-electron chi connectivity index (χ1n) is 12.0. The van der Waals surface area contributed by atoms with Gasteiger partial charge < -0.3 is 10.2 Å². The zero-order chi connectivity index (χ0) is 28.7. The highest BCUT2D eigenvalue weighted by Crippen LogP contribution is 2.30. The molecule has 3 aromatic carbocycles. The maximum absolute atomic E-state index is 13.9. The van der Waals surface area contributed by atoms with E-state index in [2.05, 4.69) is 5.32 Å². The van der Waals surface area contributed by atoms with E-state index < -0.39 is 40.2 Å². The molecular weight excluding hydrogens is 588 g/mol. The van der Waals surface area contributed by atoms with E-state index in [1.165, 1.54) is 42.2 Å². The van der Waals surface area contributed by atoms with Crippen LogP contribution in [0.4, 0.5) is 10.1 Å². The number of halogens is 4. The van der Waals surface area contributed by atoms with Gasteiger partial charge in [0.15, 0.2) is 0 Å². The van der Waals surface area contributed by atoms with E-state index in [0.29, 0.717) is 18.5 Å². The highest BCUT2D eigenvalue weighted by Gasteiger charge is 2.33. The van der Waals surface area contributed by atoms with Gasteiger partial charge in [0.1, 0.15) is 18.4 Å². The molecule has 12 heteroatoms. The fourth-order valence-corrected chi connectivity index (χ4v) is 5.84. The average molecular weight is 615 g/mol. The molecule has 1 atom stereocenters. The van der Waals surface area contributed by atoms with Crippen molar-refractivity contribution in [1.82, 2.24) is 10.2 Å². The van der Waals surface area contributed by atoms with Crippen LogP contribution >= 0.6 is 34.8 Å². The number of hydrogen-bond acceptors (Lipinski definition) is 4. The summed E-state index contributed by atoms with van der Waals surface area (Å²) in [5.74, 6) is -1.90. The van der Waals surface area contributed by atoms with Crippen LogP contribution in [0, 0.1) is 5.82 Å². The van der Waals surface area contributed by atoms with Gasteiger partial charge in [0.05, 0.1) is 15.6 Å². The molecule has 0 saturated heterocycles. The van der Waals surface area contributed by atoms with Gasteiger partial charge in [-0.2, -0.15) is 0 Å². The number of nitrogens with one attached hydrogen (secondary N) is 1. The molecule has 0 aliphatic rings. The first-order chi connectivity index (χ1) is 18.5. The molecule has 3 aromatic rings. The van der Waals surface area contributed by atoms with Crippen molar-refractivity contribution in [2.45, 2.75) is 37.8 Å². The SMILES string of the molecule is CCCNC(=O)C(C)N(Cc1c(Cl)cccc1Cl)C(=O)CN(c1ccc(F)c(Cl)c1)S(=O)(=O)c1ccccc1. The van der Waals surface area contributed by atoms with Crippen molar-refractivity contribution in [3.05, 3.63) is 93.2 Å². The van der Waals surface area contributed by atoms with Crippen LogP contribution in [0.25, 0.3) is 0 Å². The van der Waals surface area contributed by atoms with Gasteiger partial charge in [-0.3, -0.25) is 13.9 Å². The van der Waals surface area contributed by atoms with E-state index in [-0.39, 0.29) is 32.2 Å². The second-order valence-electron chi connectivity index (χ2n) is 8.61. The summed E-state index contributed by atoms with van der Waals surface area (Å²) in [6.07, 6.45) is 0.678. The van der Waals surface area contributed by atoms with Crippen LogP contribution in [-0.2, 0) is 26.2 Å². The molecule has 0 radical (unpaired) electrons. The Morgan fingerprint density at radius 3 is 2.18 bits per heavy atom. The molecule has 1 unspecified atom stereocenters. The van der Waals surface area contributed by atoms with E-state index in [1.54, 1.807) is 24.3 Å². The third-order valence-electron chi connectivity index (χ3n) is 5.91. The Morgan fingerprint density at radius 1 is 0.949 bits per heavy atom. The maximum Gasteiger partial charge on any atom is 0.264 e. The van der Waals surface area contributed by atoms with Gasteiger partial charge in [0.25, 0.3) is 10.0 Å². The first-order valence-corrected chi connectivity index (χ1v) is 14.6. The molecule has 0 aliphatic carbocycles. The summed E-state index contributed by atoms with van der Waals surface area (Å²) in [6.45, 7) is 2.92. The minimum Gasteiger partial charge on any atom is -0.354 e. The van der Waals surface area contributed by atoms with Crippen LogP contribution < -0.4 is 9.62 Å². The fraction of sp³-hybridized carbons (Fsp3) is 0.259. The largest absolute Gasteiger partial charge is 0.354 e. The second-order valence-corrected chi connectivity index (χ2v) is 11.7. The lowest BCUT2D eigenvalue weighted by Crippen LogP contribution is -2.51. The summed E-state index contributed by atoms with van der Waals surface area (Å²) in [7, 11) is -4.31. The van der Waals surface area contributed by atoms with E-state index in [0.717, 1.165) is 16.4 Å². The third kappa shape index (κ3) is 7.42. The minimum atomic E-state index is -4.31. The number of rotatable bonds is 11. The van der Waals surface area contributed by atoms with Gasteiger partial charge in [-0.05, 0) is 55.8 Å². The molecule has 2 amide bonds. The van der Waals surface area contributed by atoms with E-state index in [4.69, 9.17) is 34.8 Å². The number of amides is 2. The Morgan fingerprint density at radius 2 is 1.59 bits per heavy atom. The number of benzene rings is 3. The molecule has 0 bridgehead atoms. The fourth-order valence-electron chi connectivity index (χ4n) is 3.72. The lowest BCUT2D eigenvalue weighted by Gasteiger charge is -2.32. The second kappa shape index (κ2) is 13.5. The Bertz CT molecular complexity index is 1420. The van der Waals surface area contributed by atoms with Gasteiger partial charge in [-0.1, -0.05) is 66.0 Å². The van der Waals surface area contributed by atoms with Gasteiger partial charge in [0.2, 0.25) is 11.8 Å². The van der Waals surface area contributed by atoms with Crippen LogP contribution in [0.2, 0.25) is 15.1 Å². The topological polar surface area (TPSA) is 86.8 Å². The summed E-state index contributed by atoms with van der Waals surface area (Å²) in [5, 5.41) is 2.98. The van der Waals surface area contributed by atoms with E-state index >= 15 is 0 Å². The standard InChI is InChI=1S/C27H27Cl3FN3O4S/c1-3-14-32-27(36)18(2)33(16-21-22(28)10-7-11-23(21)29)26(35)17-34(19-12-13-25(31)24(30)15-19)39(37,38)20-8-5-4-6-9-20/h4-13,15,18H,3,14,16-17H2,1-2H3,(H,32,36). The predicted molar refractivity (Wildman–Crippen MR) is 152 cm³/mol. The number of sulfonamides is 1. The van der Waals surface area contributed by atoms with Crippen molar-refractivity contribution in [2.24, 2.45) is 0 Å². The van der Waals surface area contributed by atoms with Gasteiger partial charge in [-0.25, -0.2) is 12.8 Å². The molecule has 7 nitrogen and oxygen atoms in total. The van der Waals surface area contributed by atoms with Crippen molar-refractivity contribution in [3.8, 4) is 0 Å². The lowest BCUT2D eigenvalue weighted by atomic mass is 10.1. The molecule has 0 spiro atoms. The highest BCUT2D eigenvalue weighted by atomic mass is 35.5. The average Bonchev–Trinajstić information content (AvgIpc) is 2.91. The van der Waals surface area contributed by atoms with E-state index in [9.17, 15) is 22.4 Å². The van der Waals surface area contributed by atoms with Crippen LogP contribution in [-0.4, -0.2) is 44.3 Å². The van der Waals surface area contributed by atoms with Gasteiger partial charge in [-0.15, -0.1) is 0 Å². The van der Waals surface area contributed by atoms with Crippen LogP contribution in [0.15, 0.2) is 71.6 Å². The molecule has 0 aromatic heterocycles. The van der Waals surface area contributed by atoms with Crippen molar-refractivity contribution in [3.63, 3.8) is 0 Å². The number of carbonyl (C=O) groups excluding carboxylic acids is 2. The normalized spacial score (nSPS) is 12.1. The molecule has 3 rings (SSSR count). The van der Waals surface area contributed by atoms with Crippen molar-refractivity contribution < 1.29 is 22.4 Å². The molecule has 0 aliphatic heterocycles.